The van der Waals surface area contributed by atoms with E-state index in [1.165, 1.54) is 11.3 Å². The first-order valence-corrected chi connectivity index (χ1v) is 8.90. The number of piperidine rings is 1. The molecule has 2 atom stereocenters. The van der Waals surface area contributed by atoms with Gasteiger partial charge in [-0.3, -0.25) is 4.79 Å². The van der Waals surface area contributed by atoms with Gasteiger partial charge in [0.25, 0.3) is 0 Å². The van der Waals surface area contributed by atoms with E-state index in [9.17, 15) is 9.59 Å². The summed E-state index contributed by atoms with van der Waals surface area (Å²) in [7, 11) is 1.81. The van der Waals surface area contributed by atoms with E-state index in [0.29, 0.717) is 25.6 Å². The Labute approximate surface area is 140 Å². The van der Waals surface area contributed by atoms with Crippen molar-refractivity contribution in [1.82, 2.24) is 25.3 Å². The summed E-state index contributed by atoms with van der Waals surface area (Å²) < 4.78 is 0. The largest absolute Gasteiger partial charge is 0.343 e. The van der Waals surface area contributed by atoms with Crippen LogP contribution in [-0.2, 0) is 11.3 Å². The number of urea groups is 1. The Morgan fingerprint density at radius 1 is 1.43 bits per heavy atom. The molecule has 0 aliphatic carbocycles. The first kappa shape index (κ1) is 16.2. The third-order valence-corrected chi connectivity index (χ3v) is 5.79. The fourth-order valence-corrected chi connectivity index (χ4v) is 4.09. The number of nitrogens with one attached hydrogen (secondary N) is 1. The van der Waals surface area contributed by atoms with E-state index in [1.807, 2.05) is 11.9 Å². The standard InChI is InChI=1S/C15H23N5O2S/c1-9(2)13-18-17-12(23-13)7-16-15(22)20-6-4-5-10-11(20)8-19(3)14(10)21/h9-11H,4-8H2,1-3H3,(H,16,22)/t10-,11-/m1/s1. The van der Waals surface area contributed by atoms with Gasteiger partial charge in [-0.15, -0.1) is 10.2 Å². The molecule has 126 valence electrons. The van der Waals surface area contributed by atoms with Crippen molar-refractivity contribution < 1.29 is 9.59 Å². The molecule has 1 aromatic rings. The maximum absolute atomic E-state index is 12.5. The molecule has 2 saturated heterocycles. The molecule has 0 spiro atoms. The van der Waals surface area contributed by atoms with Gasteiger partial charge in [0.15, 0.2) is 0 Å². The molecule has 0 bridgehead atoms. The van der Waals surface area contributed by atoms with Gasteiger partial charge in [-0.2, -0.15) is 0 Å². The average Bonchev–Trinajstić information content (AvgIpc) is 3.11. The summed E-state index contributed by atoms with van der Waals surface area (Å²) in [5.41, 5.74) is 0. The predicted molar refractivity (Wildman–Crippen MR) is 87.1 cm³/mol. The van der Waals surface area contributed by atoms with E-state index >= 15 is 0 Å². The van der Waals surface area contributed by atoms with Gasteiger partial charge in [0, 0.05) is 26.1 Å². The first-order chi connectivity index (χ1) is 11.0. The van der Waals surface area contributed by atoms with Crippen molar-refractivity contribution in [3.8, 4) is 0 Å². The lowest BCUT2D eigenvalue weighted by Crippen LogP contribution is -2.52. The minimum atomic E-state index is -0.107. The van der Waals surface area contributed by atoms with Gasteiger partial charge in [-0.1, -0.05) is 25.2 Å². The zero-order valence-corrected chi connectivity index (χ0v) is 14.6. The van der Waals surface area contributed by atoms with Crippen LogP contribution in [0.3, 0.4) is 0 Å². The van der Waals surface area contributed by atoms with E-state index in [1.54, 1.807) is 4.90 Å². The molecule has 1 aromatic heterocycles. The van der Waals surface area contributed by atoms with Crippen LogP contribution in [0, 0.1) is 5.92 Å². The molecular weight excluding hydrogens is 314 g/mol. The number of aromatic nitrogens is 2. The van der Waals surface area contributed by atoms with E-state index in [0.717, 1.165) is 22.9 Å². The van der Waals surface area contributed by atoms with E-state index in [-0.39, 0.29) is 23.9 Å². The van der Waals surface area contributed by atoms with Crippen LogP contribution in [0.2, 0.25) is 0 Å². The summed E-state index contributed by atoms with van der Waals surface area (Å²) >= 11 is 1.53. The minimum absolute atomic E-state index is 0.00175. The molecule has 23 heavy (non-hydrogen) atoms. The lowest BCUT2D eigenvalue weighted by Gasteiger charge is -2.35. The number of rotatable bonds is 3. The quantitative estimate of drug-likeness (QED) is 0.905. The van der Waals surface area contributed by atoms with Crippen LogP contribution in [0.15, 0.2) is 0 Å². The zero-order chi connectivity index (χ0) is 16.6. The molecule has 3 rings (SSSR count). The molecule has 0 saturated carbocycles. The fourth-order valence-electron chi connectivity index (χ4n) is 3.30. The van der Waals surface area contributed by atoms with Gasteiger partial charge in [0.2, 0.25) is 5.91 Å². The Bertz CT molecular complexity index is 602. The maximum atomic E-state index is 12.5. The number of likely N-dealkylation sites (N-methyl/N-ethyl adjacent to an activating group) is 1. The van der Waals surface area contributed by atoms with E-state index < -0.39 is 0 Å². The topological polar surface area (TPSA) is 78.4 Å². The highest BCUT2D eigenvalue weighted by Gasteiger charge is 2.45. The third-order valence-electron chi connectivity index (χ3n) is 4.56. The molecule has 0 aromatic carbocycles. The summed E-state index contributed by atoms with van der Waals surface area (Å²) in [4.78, 5) is 28.2. The zero-order valence-electron chi connectivity index (χ0n) is 13.8. The number of carbonyl (C=O) groups is 2. The van der Waals surface area contributed by atoms with Gasteiger partial charge in [0.1, 0.15) is 10.0 Å². The van der Waals surface area contributed by atoms with Gasteiger partial charge < -0.3 is 15.1 Å². The number of amides is 3. The van der Waals surface area contributed by atoms with Crippen molar-refractivity contribution >= 4 is 23.3 Å². The van der Waals surface area contributed by atoms with Gasteiger partial charge in [-0.25, -0.2) is 4.79 Å². The Kier molecular flexibility index (Phi) is 4.52. The van der Waals surface area contributed by atoms with Crippen molar-refractivity contribution in [1.29, 1.82) is 0 Å². The lowest BCUT2D eigenvalue weighted by molar-refractivity contribution is -0.130. The van der Waals surface area contributed by atoms with Crippen molar-refractivity contribution in [2.24, 2.45) is 5.92 Å². The number of hydrogen-bond donors (Lipinski definition) is 1. The Hall–Kier alpha value is -1.70. The number of nitrogens with zero attached hydrogens (tertiary/aromatic N) is 4. The van der Waals surface area contributed by atoms with Crippen LogP contribution < -0.4 is 5.32 Å². The molecule has 0 unspecified atom stereocenters. The third kappa shape index (κ3) is 3.17. The first-order valence-electron chi connectivity index (χ1n) is 8.09. The van der Waals surface area contributed by atoms with Crippen molar-refractivity contribution in [2.75, 3.05) is 20.1 Å². The molecule has 2 aliphatic rings. The number of hydrogen-bond acceptors (Lipinski definition) is 5. The molecule has 7 nitrogen and oxygen atoms in total. The predicted octanol–water partition coefficient (Wildman–Crippen LogP) is 1.42. The Morgan fingerprint density at radius 2 is 2.22 bits per heavy atom. The van der Waals surface area contributed by atoms with Crippen LogP contribution >= 0.6 is 11.3 Å². The molecular formula is C15H23N5O2S. The molecule has 8 heteroatoms. The Morgan fingerprint density at radius 3 is 2.91 bits per heavy atom. The monoisotopic (exact) mass is 337 g/mol. The molecule has 2 aliphatic heterocycles. The molecule has 3 heterocycles. The average molecular weight is 337 g/mol. The molecule has 2 fully saturated rings. The lowest BCUT2D eigenvalue weighted by atomic mass is 9.92. The van der Waals surface area contributed by atoms with Crippen LogP contribution in [0.1, 0.15) is 42.6 Å². The van der Waals surface area contributed by atoms with Gasteiger partial charge >= 0.3 is 6.03 Å². The van der Waals surface area contributed by atoms with Crippen LogP contribution in [0.25, 0.3) is 0 Å². The maximum Gasteiger partial charge on any atom is 0.318 e. The van der Waals surface area contributed by atoms with E-state index in [2.05, 4.69) is 29.4 Å². The summed E-state index contributed by atoms with van der Waals surface area (Å²) in [6, 6.07) is -0.106. The number of likely N-dealkylation sites (tertiary alicyclic amines) is 2. The van der Waals surface area contributed by atoms with E-state index in [4.69, 9.17) is 0 Å². The highest BCUT2D eigenvalue weighted by molar-refractivity contribution is 7.11. The smallest absolute Gasteiger partial charge is 0.318 e. The highest BCUT2D eigenvalue weighted by Crippen LogP contribution is 2.31. The molecule has 1 N–H and O–H groups in total. The SMILES string of the molecule is CC(C)c1nnc(CNC(=O)N2CCC[C@H]3C(=O)N(C)C[C@H]32)s1. The summed E-state index contributed by atoms with van der Waals surface area (Å²) in [5, 5.41) is 13.0. The second-order valence-corrected chi connectivity index (χ2v) is 7.67. The highest BCUT2D eigenvalue weighted by atomic mass is 32.1. The Balaban J connectivity index is 1.60. The van der Waals surface area contributed by atoms with Crippen molar-refractivity contribution in [2.45, 2.75) is 45.2 Å². The number of carbonyl (C=O) groups excluding carboxylic acids is 2. The summed E-state index contributed by atoms with van der Waals surface area (Å²) in [6.07, 6.45) is 1.76. The summed E-state index contributed by atoms with van der Waals surface area (Å²) in [6.45, 7) is 5.88. The second kappa shape index (κ2) is 6.43. The van der Waals surface area contributed by atoms with Crippen molar-refractivity contribution in [3.63, 3.8) is 0 Å². The normalized spacial score (nSPS) is 24.3. The second-order valence-electron chi connectivity index (χ2n) is 6.58. The number of fused-ring (bicyclic) bond motifs is 1. The minimum Gasteiger partial charge on any atom is -0.343 e. The molecule has 0 radical (unpaired) electrons. The van der Waals surface area contributed by atoms with Gasteiger partial charge in [-0.05, 0) is 12.8 Å². The summed E-state index contributed by atoms with van der Waals surface area (Å²) in [5.74, 6) is 0.478. The van der Waals surface area contributed by atoms with Crippen molar-refractivity contribution in [3.05, 3.63) is 10.0 Å². The van der Waals surface area contributed by atoms with Gasteiger partial charge in [0.05, 0.1) is 18.5 Å². The van der Waals surface area contributed by atoms with Crippen LogP contribution in [0.5, 0.6) is 0 Å². The fraction of sp³-hybridized carbons (Fsp3) is 0.733. The molecule has 3 amide bonds. The van der Waals surface area contributed by atoms with Crippen LogP contribution in [-0.4, -0.2) is 58.1 Å². The van der Waals surface area contributed by atoms with Crippen LogP contribution in [0.4, 0.5) is 4.79 Å².